The molecule has 1 fully saturated rings. The maximum absolute atomic E-state index is 9.88. The van der Waals surface area contributed by atoms with Crippen molar-refractivity contribution >= 4 is 0 Å². The highest BCUT2D eigenvalue weighted by Gasteiger charge is 2.23. The summed E-state index contributed by atoms with van der Waals surface area (Å²) in [5.41, 5.74) is 1.20. The number of benzene rings is 1. The number of hydrogen-bond donors (Lipinski definition) is 2. The Morgan fingerprint density at radius 1 is 1.33 bits per heavy atom. The van der Waals surface area contributed by atoms with Gasteiger partial charge in [0.05, 0.1) is 6.61 Å². The molecule has 21 heavy (non-hydrogen) atoms. The highest BCUT2D eigenvalue weighted by Crippen LogP contribution is 2.31. The number of phenols is 1. The van der Waals surface area contributed by atoms with E-state index in [1.807, 2.05) is 19.1 Å². The Bertz CT molecular complexity index is 445. The summed E-state index contributed by atoms with van der Waals surface area (Å²) >= 11 is 0. The Kier molecular flexibility index (Phi) is 5.85. The molecule has 0 spiro atoms. The SMILES string of the molecule is CCOc1cc(C(CN(C)C)N2CCNCC2)ccc1O. The first-order valence-electron chi connectivity index (χ1n) is 7.67. The largest absolute Gasteiger partial charge is 0.504 e. The fraction of sp³-hybridized carbons (Fsp3) is 0.625. The molecule has 0 aromatic heterocycles. The minimum atomic E-state index is 0.213. The van der Waals surface area contributed by atoms with Crippen LogP contribution < -0.4 is 10.1 Å². The zero-order valence-electron chi connectivity index (χ0n) is 13.3. The van der Waals surface area contributed by atoms with Crippen molar-refractivity contribution in [3.8, 4) is 11.5 Å². The van der Waals surface area contributed by atoms with Gasteiger partial charge in [-0.15, -0.1) is 0 Å². The van der Waals surface area contributed by atoms with E-state index in [0.29, 0.717) is 18.4 Å². The molecule has 1 aliphatic rings. The normalized spacial score (nSPS) is 17.9. The Balaban J connectivity index is 2.24. The van der Waals surface area contributed by atoms with E-state index in [1.54, 1.807) is 6.07 Å². The summed E-state index contributed by atoms with van der Waals surface area (Å²) in [6, 6.07) is 6.05. The quantitative estimate of drug-likeness (QED) is 0.828. The van der Waals surface area contributed by atoms with E-state index in [1.165, 1.54) is 5.56 Å². The number of nitrogens with zero attached hydrogens (tertiary/aromatic N) is 2. The maximum atomic E-state index is 9.88. The summed E-state index contributed by atoms with van der Waals surface area (Å²) in [6.07, 6.45) is 0. The van der Waals surface area contributed by atoms with E-state index < -0.39 is 0 Å². The van der Waals surface area contributed by atoms with Crippen LogP contribution in [0.5, 0.6) is 11.5 Å². The zero-order valence-corrected chi connectivity index (χ0v) is 13.3. The summed E-state index contributed by atoms with van der Waals surface area (Å²) in [7, 11) is 4.19. The van der Waals surface area contributed by atoms with E-state index in [9.17, 15) is 5.11 Å². The monoisotopic (exact) mass is 293 g/mol. The Morgan fingerprint density at radius 2 is 2.05 bits per heavy atom. The van der Waals surface area contributed by atoms with Crippen LogP contribution in [0, 0.1) is 0 Å². The van der Waals surface area contributed by atoms with Crippen molar-refractivity contribution in [2.24, 2.45) is 0 Å². The van der Waals surface area contributed by atoms with Crippen LogP contribution in [0.25, 0.3) is 0 Å². The van der Waals surface area contributed by atoms with Crippen LogP contribution in [0.3, 0.4) is 0 Å². The summed E-state index contributed by atoms with van der Waals surface area (Å²) in [5, 5.41) is 13.3. The van der Waals surface area contributed by atoms with Crippen LogP contribution in [0.1, 0.15) is 18.5 Å². The van der Waals surface area contributed by atoms with Crippen LogP contribution in [-0.2, 0) is 0 Å². The molecule has 1 aliphatic heterocycles. The van der Waals surface area contributed by atoms with Gasteiger partial charge in [-0.25, -0.2) is 0 Å². The van der Waals surface area contributed by atoms with E-state index in [4.69, 9.17) is 4.74 Å². The van der Waals surface area contributed by atoms with Crippen molar-refractivity contribution < 1.29 is 9.84 Å². The van der Waals surface area contributed by atoms with Crippen molar-refractivity contribution in [1.29, 1.82) is 0 Å². The Hall–Kier alpha value is -1.30. The number of aromatic hydroxyl groups is 1. The average molecular weight is 293 g/mol. The Morgan fingerprint density at radius 3 is 2.67 bits per heavy atom. The molecule has 1 aromatic rings. The fourth-order valence-corrected chi connectivity index (χ4v) is 2.78. The number of likely N-dealkylation sites (N-methyl/N-ethyl adjacent to an activating group) is 1. The zero-order chi connectivity index (χ0) is 15.2. The third kappa shape index (κ3) is 4.33. The topological polar surface area (TPSA) is 48.0 Å². The first-order chi connectivity index (χ1) is 10.1. The van der Waals surface area contributed by atoms with Crippen LogP contribution in [0.15, 0.2) is 18.2 Å². The molecular formula is C16H27N3O2. The van der Waals surface area contributed by atoms with Gasteiger partial charge in [0.25, 0.3) is 0 Å². The van der Waals surface area contributed by atoms with Gasteiger partial charge < -0.3 is 20.1 Å². The lowest BCUT2D eigenvalue weighted by Gasteiger charge is -2.36. The van der Waals surface area contributed by atoms with E-state index in [0.717, 1.165) is 32.7 Å². The number of phenolic OH excluding ortho intramolecular Hbond substituents is 1. The Labute approximate surface area is 127 Å². The van der Waals surface area contributed by atoms with Crippen LogP contribution in [0.4, 0.5) is 0 Å². The second-order valence-electron chi connectivity index (χ2n) is 5.72. The molecule has 1 saturated heterocycles. The molecule has 118 valence electrons. The summed E-state index contributed by atoms with van der Waals surface area (Å²) < 4.78 is 5.53. The molecule has 0 saturated carbocycles. The van der Waals surface area contributed by atoms with Gasteiger partial charge in [0, 0.05) is 38.8 Å². The van der Waals surface area contributed by atoms with Crippen molar-refractivity contribution in [1.82, 2.24) is 15.1 Å². The van der Waals surface area contributed by atoms with Gasteiger partial charge in [0.15, 0.2) is 11.5 Å². The lowest BCUT2D eigenvalue weighted by atomic mass is 10.0. The molecule has 0 aliphatic carbocycles. The number of hydrogen-bond acceptors (Lipinski definition) is 5. The predicted molar refractivity (Wildman–Crippen MR) is 85.0 cm³/mol. The number of ether oxygens (including phenoxy) is 1. The third-order valence-electron chi connectivity index (χ3n) is 3.80. The second kappa shape index (κ2) is 7.64. The van der Waals surface area contributed by atoms with E-state index in [2.05, 4.69) is 29.2 Å². The molecule has 1 atom stereocenters. The van der Waals surface area contributed by atoms with Crippen LogP contribution in [0.2, 0.25) is 0 Å². The lowest BCUT2D eigenvalue weighted by Crippen LogP contribution is -2.47. The van der Waals surface area contributed by atoms with Gasteiger partial charge >= 0.3 is 0 Å². The fourth-order valence-electron chi connectivity index (χ4n) is 2.78. The maximum Gasteiger partial charge on any atom is 0.161 e. The van der Waals surface area contributed by atoms with Gasteiger partial charge in [0.1, 0.15) is 0 Å². The smallest absolute Gasteiger partial charge is 0.161 e. The van der Waals surface area contributed by atoms with Crippen LogP contribution in [-0.4, -0.2) is 68.3 Å². The van der Waals surface area contributed by atoms with Crippen molar-refractivity contribution in [3.63, 3.8) is 0 Å². The van der Waals surface area contributed by atoms with Gasteiger partial charge in [-0.2, -0.15) is 0 Å². The number of piperazine rings is 1. The number of rotatable bonds is 6. The first kappa shape index (κ1) is 16.1. The van der Waals surface area contributed by atoms with Gasteiger partial charge in [0.2, 0.25) is 0 Å². The van der Waals surface area contributed by atoms with Gasteiger partial charge in [-0.05, 0) is 38.7 Å². The van der Waals surface area contributed by atoms with Crippen LogP contribution >= 0.6 is 0 Å². The second-order valence-corrected chi connectivity index (χ2v) is 5.72. The van der Waals surface area contributed by atoms with Crippen molar-refractivity contribution in [2.75, 3.05) is 53.4 Å². The summed E-state index contributed by atoms with van der Waals surface area (Å²) in [4.78, 5) is 4.71. The standard InChI is InChI=1S/C16H27N3O2/c1-4-21-16-11-13(5-6-15(16)20)14(12-18(2)3)19-9-7-17-8-10-19/h5-6,11,14,17,20H,4,7-10,12H2,1-3H3. The molecule has 0 amide bonds. The summed E-state index contributed by atoms with van der Waals surface area (Å²) in [6.45, 7) is 7.59. The minimum Gasteiger partial charge on any atom is -0.504 e. The number of nitrogens with one attached hydrogen (secondary N) is 1. The van der Waals surface area contributed by atoms with Crippen molar-refractivity contribution in [2.45, 2.75) is 13.0 Å². The van der Waals surface area contributed by atoms with Crippen molar-refractivity contribution in [3.05, 3.63) is 23.8 Å². The summed E-state index contributed by atoms with van der Waals surface area (Å²) in [5.74, 6) is 0.790. The molecular weight excluding hydrogens is 266 g/mol. The van der Waals surface area contributed by atoms with Gasteiger partial charge in [-0.3, -0.25) is 4.90 Å². The minimum absolute atomic E-state index is 0.213. The highest BCUT2D eigenvalue weighted by molar-refractivity contribution is 5.43. The molecule has 0 radical (unpaired) electrons. The molecule has 0 bridgehead atoms. The molecule has 2 rings (SSSR count). The predicted octanol–water partition coefficient (Wildman–Crippen LogP) is 1.30. The molecule has 1 heterocycles. The molecule has 2 N–H and O–H groups in total. The molecule has 5 heteroatoms. The highest BCUT2D eigenvalue weighted by atomic mass is 16.5. The van der Waals surface area contributed by atoms with E-state index in [-0.39, 0.29) is 5.75 Å². The van der Waals surface area contributed by atoms with E-state index >= 15 is 0 Å². The molecule has 1 unspecified atom stereocenters. The molecule has 5 nitrogen and oxygen atoms in total. The van der Waals surface area contributed by atoms with Gasteiger partial charge in [-0.1, -0.05) is 6.07 Å². The molecule has 1 aromatic carbocycles. The third-order valence-corrected chi connectivity index (χ3v) is 3.80. The average Bonchev–Trinajstić information content (AvgIpc) is 2.48. The first-order valence-corrected chi connectivity index (χ1v) is 7.67. The lowest BCUT2D eigenvalue weighted by molar-refractivity contribution is 0.144.